The molecular weight excluding hydrogens is 510 g/mol. The first-order valence-electron chi connectivity index (χ1n) is 13.2. The second-order valence-corrected chi connectivity index (χ2v) is 10.2. The second-order valence-electron chi connectivity index (χ2n) is 10.2. The summed E-state index contributed by atoms with van der Waals surface area (Å²) < 4.78 is 0.938. The molecule has 0 atom stereocenters. The average Bonchev–Trinajstić information content (AvgIpc) is 2.95. The molecule has 10 nitrogen and oxygen atoms in total. The van der Waals surface area contributed by atoms with E-state index in [1.165, 1.54) is 6.42 Å². The zero-order chi connectivity index (χ0) is 28.1. The summed E-state index contributed by atoms with van der Waals surface area (Å²) in [5, 5.41) is 17.0. The van der Waals surface area contributed by atoms with E-state index in [4.69, 9.17) is 0 Å². The van der Waals surface area contributed by atoms with Gasteiger partial charge in [0.15, 0.2) is 0 Å². The zero-order valence-electron chi connectivity index (χ0n) is 22.1. The minimum atomic E-state index is -0.906. The van der Waals surface area contributed by atoms with E-state index in [2.05, 4.69) is 15.0 Å². The Hall–Kier alpha value is -4.99. The van der Waals surface area contributed by atoms with Gasteiger partial charge in [-0.25, -0.2) is 9.36 Å². The molecule has 2 amide bonds. The maximum Gasteiger partial charge on any atom is 0.335 e. The van der Waals surface area contributed by atoms with E-state index in [1.807, 2.05) is 26.0 Å². The first kappa shape index (κ1) is 25.3. The van der Waals surface area contributed by atoms with Gasteiger partial charge in [-0.2, -0.15) is 10.1 Å². The van der Waals surface area contributed by atoms with Gasteiger partial charge in [0.1, 0.15) is 5.56 Å². The van der Waals surface area contributed by atoms with Crippen LogP contribution in [0.5, 0.6) is 5.88 Å². The first-order chi connectivity index (χ1) is 19.3. The Kier molecular flexibility index (Phi) is 6.10. The minimum absolute atomic E-state index is 0.321. The number of hydrogen-bond donors (Lipinski definition) is 2. The second kappa shape index (κ2) is 9.64. The fourth-order valence-corrected chi connectivity index (χ4v) is 5.46. The van der Waals surface area contributed by atoms with Crippen LogP contribution < -0.4 is 16.1 Å². The number of carbonyl (C=O) groups is 2. The van der Waals surface area contributed by atoms with Gasteiger partial charge in [0, 0.05) is 29.5 Å². The van der Waals surface area contributed by atoms with Gasteiger partial charge in [-0.15, -0.1) is 0 Å². The molecule has 0 radical (unpaired) electrons. The molecule has 0 bridgehead atoms. The number of hydrazone groups is 1. The number of aryl methyl sites for hydroxylation is 2. The van der Waals surface area contributed by atoms with Crippen molar-refractivity contribution in [1.29, 1.82) is 0 Å². The standard InChI is InChI=1S/C30H27N5O5/c1-17-9-10-19(15-18(17)2)34-27(37)23(26(36)32-30(34)40)16-31-35-28(38)21-8-6-7-20-24(33-13-4-3-5-14-33)12-11-22(25(20)21)29(35)39/h6-12,15-16,37H,3-5,13-14H2,1-2H3,(H,32,36,40). The van der Waals surface area contributed by atoms with Gasteiger partial charge in [0.25, 0.3) is 17.4 Å². The number of nitrogens with one attached hydrogen (secondary N) is 1. The molecule has 0 saturated carbocycles. The number of amides is 2. The molecule has 6 rings (SSSR count). The summed E-state index contributed by atoms with van der Waals surface area (Å²) in [5.74, 6) is -1.95. The highest BCUT2D eigenvalue weighted by Crippen LogP contribution is 2.37. The number of H-pyrrole nitrogens is 1. The Labute approximate surface area is 228 Å². The monoisotopic (exact) mass is 537 g/mol. The number of piperidine rings is 1. The molecule has 2 aliphatic heterocycles. The Bertz CT molecular complexity index is 1840. The smallest absolute Gasteiger partial charge is 0.335 e. The summed E-state index contributed by atoms with van der Waals surface area (Å²) in [4.78, 5) is 56.6. The van der Waals surface area contributed by atoms with Crippen LogP contribution in [0, 0.1) is 13.8 Å². The van der Waals surface area contributed by atoms with E-state index in [9.17, 15) is 24.3 Å². The van der Waals surface area contributed by atoms with Crippen LogP contribution in [0.2, 0.25) is 0 Å². The molecule has 1 aromatic heterocycles. The normalized spacial score (nSPS) is 15.4. The van der Waals surface area contributed by atoms with Gasteiger partial charge >= 0.3 is 5.69 Å². The van der Waals surface area contributed by atoms with Gasteiger partial charge < -0.3 is 10.0 Å². The number of anilines is 1. The lowest BCUT2D eigenvalue weighted by Crippen LogP contribution is -2.37. The van der Waals surface area contributed by atoms with Gasteiger partial charge in [-0.1, -0.05) is 18.2 Å². The average molecular weight is 538 g/mol. The zero-order valence-corrected chi connectivity index (χ0v) is 22.1. The van der Waals surface area contributed by atoms with Crippen molar-refractivity contribution < 1.29 is 14.7 Å². The number of benzene rings is 3. The molecule has 40 heavy (non-hydrogen) atoms. The van der Waals surface area contributed by atoms with Crippen molar-refractivity contribution in [2.75, 3.05) is 18.0 Å². The van der Waals surface area contributed by atoms with Crippen LogP contribution in [0.1, 0.15) is 56.7 Å². The van der Waals surface area contributed by atoms with E-state index in [-0.39, 0.29) is 5.56 Å². The molecule has 3 aromatic carbocycles. The lowest BCUT2D eigenvalue weighted by molar-refractivity contribution is 0.0616. The third-order valence-electron chi connectivity index (χ3n) is 7.73. The third kappa shape index (κ3) is 4.00. The Balaban J connectivity index is 1.41. The van der Waals surface area contributed by atoms with Crippen molar-refractivity contribution in [3.05, 3.63) is 97.2 Å². The lowest BCUT2D eigenvalue weighted by Gasteiger charge is -2.31. The number of hydrogen-bond acceptors (Lipinski definition) is 7. The number of aromatic amines is 1. The minimum Gasteiger partial charge on any atom is -0.493 e. The highest BCUT2D eigenvalue weighted by molar-refractivity contribution is 6.26. The van der Waals surface area contributed by atoms with Crippen LogP contribution in [0.15, 0.2) is 63.2 Å². The summed E-state index contributed by atoms with van der Waals surface area (Å²) in [5.41, 5.74) is 1.73. The number of imide groups is 1. The number of nitrogens with zero attached hydrogens (tertiary/aromatic N) is 4. The molecule has 4 aromatic rings. The van der Waals surface area contributed by atoms with Gasteiger partial charge in [-0.05, 0) is 74.6 Å². The first-order valence-corrected chi connectivity index (χ1v) is 13.2. The molecule has 2 N–H and O–H groups in total. The summed E-state index contributed by atoms with van der Waals surface area (Å²) in [7, 11) is 0. The molecule has 2 aliphatic rings. The number of aromatic nitrogens is 2. The molecule has 10 heteroatoms. The van der Waals surface area contributed by atoms with Crippen LogP contribution in [-0.2, 0) is 0 Å². The fourth-order valence-electron chi connectivity index (χ4n) is 5.46. The summed E-state index contributed by atoms with van der Waals surface area (Å²) in [6, 6.07) is 14.1. The van der Waals surface area contributed by atoms with Gasteiger partial charge in [-0.3, -0.25) is 19.4 Å². The van der Waals surface area contributed by atoms with Crippen LogP contribution in [0.3, 0.4) is 0 Å². The third-order valence-corrected chi connectivity index (χ3v) is 7.73. The molecule has 3 heterocycles. The number of carbonyl (C=O) groups excluding carboxylic acids is 2. The molecule has 1 saturated heterocycles. The molecular formula is C30H27N5O5. The van der Waals surface area contributed by atoms with Crippen LogP contribution in [-0.4, -0.2) is 50.8 Å². The molecule has 202 valence electrons. The predicted molar refractivity (Wildman–Crippen MR) is 152 cm³/mol. The summed E-state index contributed by atoms with van der Waals surface area (Å²) >= 11 is 0. The van der Waals surface area contributed by atoms with Gasteiger partial charge in [0.2, 0.25) is 5.88 Å². The highest BCUT2D eigenvalue weighted by atomic mass is 16.3. The number of rotatable bonds is 4. The lowest BCUT2D eigenvalue weighted by atomic mass is 9.93. The Morgan fingerprint density at radius 3 is 2.33 bits per heavy atom. The van der Waals surface area contributed by atoms with E-state index in [0.29, 0.717) is 27.2 Å². The largest absolute Gasteiger partial charge is 0.493 e. The van der Waals surface area contributed by atoms with Crippen LogP contribution in [0.25, 0.3) is 16.5 Å². The number of aromatic hydroxyl groups is 1. The quantitative estimate of drug-likeness (QED) is 0.302. The maximum absolute atomic E-state index is 13.5. The molecule has 1 fully saturated rings. The van der Waals surface area contributed by atoms with Crippen molar-refractivity contribution >= 4 is 34.5 Å². The maximum atomic E-state index is 13.5. The fraction of sp³-hybridized carbons (Fsp3) is 0.233. The van der Waals surface area contributed by atoms with Crippen LogP contribution in [0.4, 0.5) is 5.69 Å². The van der Waals surface area contributed by atoms with Gasteiger partial charge in [0.05, 0.1) is 23.0 Å². The van der Waals surface area contributed by atoms with E-state index < -0.39 is 28.9 Å². The topological polar surface area (TPSA) is 128 Å². The summed E-state index contributed by atoms with van der Waals surface area (Å²) in [6.45, 7) is 5.60. The molecule has 0 aliphatic carbocycles. The van der Waals surface area contributed by atoms with Crippen molar-refractivity contribution in [2.24, 2.45) is 5.10 Å². The summed E-state index contributed by atoms with van der Waals surface area (Å²) in [6.07, 6.45) is 4.29. The van der Waals surface area contributed by atoms with Crippen molar-refractivity contribution in [2.45, 2.75) is 33.1 Å². The Morgan fingerprint density at radius 1 is 0.875 bits per heavy atom. The van der Waals surface area contributed by atoms with Crippen molar-refractivity contribution in [3.63, 3.8) is 0 Å². The van der Waals surface area contributed by atoms with E-state index in [1.54, 1.807) is 36.4 Å². The van der Waals surface area contributed by atoms with E-state index in [0.717, 1.165) is 58.9 Å². The highest BCUT2D eigenvalue weighted by Gasteiger charge is 2.34. The predicted octanol–water partition coefficient (Wildman–Crippen LogP) is 3.62. The SMILES string of the molecule is Cc1ccc(-n2c(O)c(C=NN3C(=O)c4cccc5c(N6CCCCC6)ccc(c45)C3=O)c(=O)[nH]c2=O)cc1C. The molecule has 0 spiro atoms. The van der Waals surface area contributed by atoms with Crippen molar-refractivity contribution in [3.8, 4) is 11.6 Å². The Morgan fingerprint density at radius 2 is 1.60 bits per heavy atom. The van der Waals surface area contributed by atoms with Crippen LogP contribution >= 0.6 is 0 Å². The van der Waals surface area contributed by atoms with E-state index >= 15 is 0 Å². The van der Waals surface area contributed by atoms with Crippen molar-refractivity contribution in [1.82, 2.24) is 14.6 Å². The molecule has 0 unspecified atom stereocenters.